The Bertz CT molecular complexity index is 3320. The lowest BCUT2D eigenvalue weighted by atomic mass is 9.82. The molecule has 304 valence electrons. The van der Waals surface area contributed by atoms with E-state index in [1.54, 1.807) is 0 Å². The lowest BCUT2D eigenvalue weighted by Gasteiger charge is -2.31. The van der Waals surface area contributed by atoms with Crippen LogP contribution >= 0.6 is 0 Å². The highest BCUT2D eigenvalue weighted by molar-refractivity contribution is 6.11. The van der Waals surface area contributed by atoms with Gasteiger partial charge in [0.25, 0.3) is 0 Å². The Labute approximate surface area is 374 Å². The van der Waals surface area contributed by atoms with Gasteiger partial charge in [-0.15, -0.1) is 0 Å². The minimum Gasteiger partial charge on any atom is -0.456 e. The van der Waals surface area contributed by atoms with Gasteiger partial charge < -0.3 is 14.5 Å². The Kier molecular flexibility index (Phi) is 8.84. The lowest BCUT2D eigenvalue weighted by Crippen LogP contribution is -2.15. The van der Waals surface area contributed by atoms with Crippen molar-refractivity contribution in [2.45, 2.75) is 19.3 Å². The van der Waals surface area contributed by atoms with Crippen LogP contribution in [0.3, 0.4) is 0 Å². The van der Waals surface area contributed by atoms with E-state index < -0.39 is 0 Å². The van der Waals surface area contributed by atoms with E-state index in [1.165, 1.54) is 44.5 Å². The molecule has 12 rings (SSSR count). The van der Waals surface area contributed by atoms with Crippen LogP contribution in [0, 0.1) is 0 Å². The van der Waals surface area contributed by atoms with Gasteiger partial charge in [-0.25, -0.2) is 0 Å². The zero-order valence-corrected chi connectivity index (χ0v) is 35.7. The van der Waals surface area contributed by atoms with Gasteiger partial charge >= 0.3 is 0 Å². The van der Waals surface area contributed by atoms with Crippen molar-refractivity contribution in [2.24, 2.45) is 0 Å². The molecule has 0 bridgehead atoms. The molecule has 0 N–H and O–H groups in total. The van der Waals surface area contributed by atoms with Gasteiger partial charge in [-0.1, -0.05) is 166 Å². The number of ether oxygens (including phenoxy) is 1. The number of anilines is 6. The molecule has 10 aromatic rings. The fourth-order valence-electron chi connectivity index (χ4n) is 10.1. The van der Waals surface area contributed by atoms with E-state index >= 15 is 0 Å². The summed E-state index contributed by atoms with van der Waals surface area (Å²) in [6, 6.07) is 83.2. The topological polar surface area (TPSA) is 15.7 Å². The van der Waals surface area contributed by atoms with E-state index in [1.807, 2.05) is 0 Å². The van der Waals surface area contributed by atoms with Crippen LogP contribution in [0.15, 0.2) is 231 Å². The van der Waals surface area contributed by atoms with Crippen molar-refractivity contribution in [3.63, 3.8) is 0 Å². The second kappa shape index (κ2) is 15.0. The van der Waals surface area contributed by atoms with Crippen LogP contribution < -0.4 is 14.5 Å². The molecule has 1 heterocycles. The summed E-state index contributed by atoms with van der Waals surface area (Å²) in [5.74, 6) is 1.71. The third-order valence-corrected chi connectivity index (χ3v) is 13.3. The van der Waals surface area contributed by atoms with E-state index in [9.17, 15) is 0 Å². The first-order valence-corrected chi connectivity index (χ1v) is 22.1. The SMILES string of the molecule is CC1(C)c2ccccc2-c2cc(N(c3ccc(-c4ccc(-c5ccccc5)cc4)cc3)c3ccc4c5c(cccc35)-c3cc(N(c5ccccc5)c5ccccc5)ccc3O4)ccc21. The summed E-state index contributed by atoms with van der Waals surface area (Å²) < 4.78 is 6.83. The normalized spacial score (nSPS) is 12.8. The highest BCUT2D eigenvalue weighted by Gasteiger charge is 2.36. The summed E-state index contributed by atoms with van der Waals surface area (Å²) in [7, 11) is 0. The van der Waals surface area contributed by atoms with Crippen LogP contribution in [0.1, 0.15) is 25.0 Å². The molecule has 1 aliphatic heterocycles. The van der Waals surface area contributed by atoms with Crippen LogP contribution in [-0.2, 0) is 5.41 Å². The summed E-state index contributed by atoms with van der Waals surface area (Å²) in [4.78, 5) is 4.74. The van der Waals surface area contributed by atoms with E-state index in [0.29, 0.717) is 0 Å². The van der Waals surface area contributed by atoms with Crippen LogP contribution in [-0.4, -0.2) is 0 Å². The number of benzene rings is 10. The maximum Gasteiger partial charge on any atom is 0.136 e. The van der Waals surface area contributed by atoms with E-state index in [-0.39, 0.29) is 5.41 Å². The fraction of sp³-hybridized carbons (Fsp3) is 0.0492. The Balaban J connectivity index is 1.00. The smallest absolute Gasteiger partial charge is 0.136 e. The summed E-state index contributed by atoms with van der Waals surface area (Å²) >= 11 is 0. The number of hydrogen-bond acceptors (Lipinski definition) is 3. The van der Waals surface area contributed by atoms with Crippen LogP contribution in [0.5, 0.6) is 11.5 Å². The molecule has 0 aromatic heterocycles. The largest absolute Gasteiger partial charge is 0.456 e. The Hall–Kier alpha value is -8.14. The predicted molar refractivity (Wildman–Crippen MR) is 267 cm³/mol. The zero-order chi connectivity index (χ0) is 42.8. The van der Waals surface area contributed by atoms with Crippen molar-refractivity contribution < 1.29 is 4.74 Å². The first-order chi connectivity index (χ1) is 31.5. The number of para-hydroxylation sites is 2. The van der Waals surface area contributed by atoms with Crippen molar-refractivity contribution in [1.29, 1.82) is 0 Å². The molecule has 0 saturated carbocycles. The molecule has 0 atom stereocenters. The Morgan fingerprint density at radius 3 is 1.50 bits per heavy atom. The molecule has 0 fully saturated rings. The van der Waals surface area contributed by atoms with Crippen LogP contribution in [0.25, 0.3) is 55.3 Å². The monoisotopic (exact) mass is 820 g/mol. The number of rotatable bonds is 8. The molecule has 0 spiro atoms. The summed E-state index contributed by atoms with van der Waals surface area (Å²) in [6.07, 6.45) is 0. The standard InChI is InChI=1S/C61H44N2O/c1-61(2)55-24-13-12-21-50(55)53-39-49(33-35-56(53)61)63(47-31-29-44(30-32-47)43-27-25-42(26-28-43)41-15-6-3-7-16-41)57-36-38-59-60-51(22-14-23-52(57)60)54-40-48(34-37-58(54)64-59)62(45-17-8-4-9-18-45)46-19-10-5-11-20-46/h3-40H,1-2H3. The third-order valence-electron chi connectivity index (χ3n) is 13.3. The molecule has 10 aromatic carbocycles. The number of hydrogen-bond donors (Lipinski definition) is 0. The van der Waals surface area contributed by atoms with Crippen molar-refractivity contribution >= 4 is 44.9 Å². The average molecular weight is 821 g/mol. The molecule has 3 heteroatoms. The molecule has 2 aliphatic rings. The quantitative estimate of drug-likeness (QED) is 0.152. The predicted octanol–water partition coefficient (Wildman–Crippen LogP) is 17.2. The van der Waals surface area contributed by atoms with Gasteiger partial charge in [0.15, 0.2) is 0 Å². The van der Waals surface area contributed by atoms with Gasteiger partial charge in [0, 0.05) is 50.2 Å². The van der Waals surface area contributed by atoms with Crippen molar-refractivity contribution in [3.05, 3.63) is 242 Å². The maximum absolute atomic E-state index is 6.83. The Morgan fingerprint density at radius 1 is 0.328 bits per heavy atom. The minimum absolute atomic E-state index is 0.0899. The molecule has 0 saturated heterocycles. The summed E-state index contributed by atoms with van der Waals surface area (Å²) in [6.45, 7) is 4.68. The molecule has 64 heavy (non-hydrogen) atoms. The molecule has 1 aliphatic carbocycles. The van der Waals surface area contributed by atoms with Crippen LogP contribution in [0.2, 0.25) is 0 Å². The second-order valence-corrected chi connectivity index (χ2v) is 17.3. The maximum atomic E-state index is 6.83. The molecule has 3 nitrogen and oxygen atoms in total. The van der Waals surface area contributed by atoms with Crippen molar-refractivity contribution in [3.8, 4) is 56.0 Å². The van der Waals surface area contributed by atoms with E-state index in [2.05, 4.69) is 254 Å². The van der Waals surface area contributed by atoms with Crippen LogP contribution in [0.4, 0.5) is 34.1 Å². The zero-order valence-electron chi connectivity index (χ0n) is 35.7. The van der Waals surface area contributed by atoms with E-state index in [4.69, 9.17) is 4.74 Å². The Morgan fingerprint density at radius 2 is 0.812 bits per heavy atom. The molecule has 0 amide bonds. The highest BCUT2D eigenvalue weighted by atomic mass is 16.5. The van der Waals surface area contributed by atoms with Crippen molar-refractivity contribution in [1.82, 2.24) is 0 Å². The average Bonchev–Trinajstić information content (AvgIpc) is 3.59. The molecule has 0 radical (unpaired) electrons. The highest BCUT2D eigenvalue weighted by Crippen LogP contribution is 2.54. The van der Waals surface area contributed by atoms with Crippen molar-refractivity contribution in [2.75, 3.05) is 9.80 Å². The third kappa shape index (κ3) is 6.20. The first kappa shape index (κ1) is 37.6. The summed E-state index contributed by atoms with van der Waals surface area (Å²) in [5.41, 5.74) is 18.7. The summed E-state index contributed by atoms with van der Waals surface area (Å²) in [5, 5.41) is 2.22. The van der Waals surface area contributed by atoms with Gasteiger partial charge in [-0.05, 0) is 129 Å². The molecular formula is C61H44N2O. The van der Waals surface area contributed by atoms with Gasteiger partial charge in [0.2, 0.25) is 0 Å². The fourth-order valence-corrected chi connectivity index (χ4v) is 10.1. The van der Waals surface area contributed by atoms with E-state index in [0.717, 1.165) is 67.5 Å². The number of fused-ring (bicyclic) bond motifs is 5. The number of nitrogens with zero attached hydrogens (tertiary/aromatic N) is 2. The molecular weight excluding hydrogens is 777 g/mol. The second-order valence-electron chi connectivity index (χ2n) is 17.3. The van der Waals surface area contributed by atoms with Gasteiger partial charge in [-0.2, -0.15) is 0 Å². The first-order valence-electron chi connectivity index (χ1n) is 22.1. The van der Waals surface area contributed by atoms with Gasteiger partial charge in [-0.3, -0.25) is 0 Å². The van der Waals surface area contributed by atoms with Gasteiger partial charge in [0.05, 0.1) is 5.69 Å². The lowest BCUT2D eigenvalue weighted by molar-refractivity contribution is 0.487. The minimum atomic E-state index is -0.0899. The van der Waals surface area contributed by atoms with Gasteiger partial charge in [0.1, 0.15) is 11.5 Å². The molecule has 0 unspecified atom stereocenters.